The van der Waals surface area contributed by atoms with Gasteiger partial charge in [-0.25, -0.2) is 9.97 Å². The van der Waals surface area contributed by atoms with Crippen molar-refractivity contribution in [2.45, 2.75) is 18.3 Å². The molecule has 3 aromatic rings. The molecule has 0 radical (unpaired) electrons. The van der Waals surface area contributed by atoms with Gasteiger partial charge < -0.3 is 14.7 Å². The Morgan fingerprint density at radius 2 is 2.25 bits per heavy atom. The normalized spacial score (nSPS) is 16.6. The number of hydrogen-bond acceptors (Lipinski definition) is 4. The number of H-pyrrole nitrogens is 1. The van der Waals surface area contributed by atoms with Crippen LogP contribution in [0.5, 0.6) is 0 Å². The van der Waals surface area contributed by atoms with E-state index in [0.717, 1.165) is 34.7 Å². The molecule has 2 heterocycles. The van der Waals surface area contributed by atoms with E-state index in [9.17, 15) is 0 Å². The summed E-state index contributed by atoms with van der Waals surface area (Å²) >= 11 is 0. The maximum atomic E-state index is 5.35. The number of nitrogens with one attached hydrogen (secondary N) is 2. The average molecular weight is 268 g/mol. The summed E-state index contributed by atoms with van der Waals surface area (Å²) in [5, 5.41) is 3.26. The van der Waals surface area contributed by atoms with Crippen molar-refractivity contribution in [2.75, 3.05) is 13.6 Å². The minimum absolute atomic E-state index is 0.212. The molecule has 0 unspecified atom stereocenters. The summed E-state index contributed by atoms with van der Waals surface area (Å²) in [5.74, 6) is 1.08. The van der Waals surface area contributed by atoms with Gasteiger partial charge in [0.15, 0.2) is 12.0 Å². The molecule has 1 aromatic carbocycles. The second-order valence-corrected chi connectivity index (χ2v) is 5.49. The van der Waals surface area contributed by atoms with E-state index in [2.05, 4.69) is 20.3 Å². The summed E-state index contributed by atoms with van der Waals surface area (Å²) < 4.78 is 5.35. The van der Waals surface area contributed by atoms with E-state index in [4.69, 9.17) is 4.42 Å². The monoisotopic (exact) mass is 268 g/mol. The highest BCUT2D eigenvalue weighted by Gasteiger charge is 2.46. The van der Waals surface area contributed by atoms with Gasteiger partial charge in [-0.05, 0) is 32.0 Å². The third-order valence-corrected chi connectivity index (χ3v) is 4.09. The topological polar surface area (TPSA) is 66.7 Å². The summed E-state index contributed by atoms with van der Waals surface area (Å²) in [4.78, 5) is 12.2. The SMILES string of the molecule is CNCC1(c2ncc(-c3ccc4ncoc4c3)[nH]2)CC1. The van der Waals surface area contributed by atoms with Crippen LogP contribution in [0.2, 0.25) is 0 Å². The smallest absolute Gasteiger partial charge is 0.181 e. The van der Waals surface area contributed by atoms with E-state index in [1.54, 1.807) is 0 Å². The third kappa shape index (κ3) is 1.74. The van der Waals surface area contributed by atoms with Gasteiger partial charge >= 0.3 is 0 Å². The first kappa shape index (κ1) is 11.7. The van der Waals surface area contributed by atoms with Crippen molar-refractivity contribution >= 4 is 11.1 Å². The van der Waals surface area contributed by atoms with Crippen molar-refractivity contribution in [1.29, 1.82) is 0 Å². The van der Waals surface area contributed by atoms with Gasteiger partial charge in [0.25, 0.3) is 0 Å². The molecule has 5 nitrogen and oxygen atoms in total. The van der Waals surface area contributed by atoms with E-state index in [1.165, 1.54) is 19.2 Å². The number of likely N-dealkylation sites (N-methyl/N-ethyl adjacent to an activating group) is 1. The van der Waals surface area contributed by atoms with E-state index >= 15 is 0 Å². The van der Waals surface area contributed by atoms with Gasteiger partial charge in [-0.3, -0.25) is 0 Å². The molecule has 2 aromatic heterocycles. The molecule has 0 spiro atoms. The molecule has 102 valence electrons. The first-order valence-corrected chi connectivity index (χ1v) is 6.84. The van der Waals surface area contributed by atoms with Gasteiger partial charge in [-0.15, -0.1) is 0 Å². The number of nitrogens with zero attached hydrogens (tertiary/aromatic N) is 2. The van der Waals surface area contributed by atoms with Gasteiger partial charge in [0.1, 0.15) is 11.3 Å². The number of aromatic amines is 1. The lowest BCUT2D eigenvalue weighted by atomic mass is 10.1. The number of fused-ring (bicyclic) bond motifs is 1. The van der Waals surface area contributed by atoms with Crippen LogP contribution in [0.1, 0.15) is 18.7 Å². The summed E-state index contributed by atoms with van der Waals surface area (Å²) in [6.07, 6.45) is 5.77. The van der Waals surface area contributed by atoms with Crippen molar-refractivity contribution in [3.05, 3.63) is 36.6 Å². The van der Waals surface area contributed by atoms with Crippen molar-refractivity contribution in [2.24, 2.45) is 0 Å². The van der Waals surface area contributed by atoms with Gasteiger partial charge in [-0.2, -0.15) is 0 Å². The van der Waals surface area contributed by atoms with Crippen molar-refractivity contribution in [3.8, 4) is 11.3 Å². The van der Waals surface area contributed by atoms with Crippen LogP contribution in [0.15, 0.2) is 35.2 Å². The largest absolute Gasteiger partial charge is 0.443 e. The molecule has 20 heavy (non-hydrogen) atoms. The fourth-order valence-corrected chi connectivity index (χ4v) is 2.75. The van der Waals surface area contributed by atoms with Crippen LogP contribution in [-0.4, -0.2) is 28.5 Å². The average Bonchev–Trinajstić information content (AvgIpc) is 2.94. The lowest BCUT2D eigenvalue weighted by Gasteiger charge is -2.10. The Balaban J connectivity index is 1.70. The van der Waals surface area contributed by atoms with Crippen molar-refractivity contribution < 1.29 is 4.42 Å². The van der Waals surface area contributed by atoms with Gasteiger partial charge in [0, 0.05) is 17.5 Å². The zero-order chi connectivity index (χ0) is 13.6. The van der Waals surface area contributed by atoms with Crippen LogP contribution < -0.4 is 5.32 Å². The minimum atomic E-state index is 0.212. The molecule has 0 amide bonds. The van der Waals surface area contributed by atoms with Gasteiger partial charge in [0.05, 0.1) is 11.9 Å². The molecular formula is C15H16N4O. The molecule has 1 aliphatic rings. The van der Waals surface area contributed by atoms with Crippen LogP contribution in [0.3, 0.4) is 0 Å². The highest BCUT2D eigenvalue weighted by atomic mass is 16.3. The molecule has 5 heteroatoms. The summed E-state index contributed by atoms with van der Waals surface area (Å²) in [6.45, 7) is 0.973. The molecule has 1 saturated carbocycles. The number of rotatable bonds is 4. The molecule has 4 rings (SSSR count). The van der Waals surface area contributed by atoms with Gasteiger partial charge in [-0.1, -0.05) is 6.07 Å². The minimum Gasteiger partial charge on any atom is -0.443 e. The van der Waals surface area contributed by atoms with E-state index in [-0.39, 0.29) is 5.41 Å². The fraction of sp³-hybridized carbons (Fsp3) is 0.333. The number of aromatic nitrogens is 3. The van der Waals surface area contributed by atoms with Crippen LogP contribution in [0.25, 0.3) is 22.4 Å². The third-order valence-electron chi connectivity index (χ3n) is 4.09. The summed E-state index contributed by atoms with van der Waals surface area (Å²) in [7, 11) is 1.99. The second kappa shape index (κ2) is 4.18. The Labute approximate surface area is 116 Å². The molecule has 0 aliphatic heterocycles. The maximum Gasteiger partial charge on any atom is 0.181 e. The lowest BCUT2D eigenvalue weighted by Crippen LogP contribution is -2.24. The Hall–Kier alpha value is -2.14. The maximum absolute atomic E-state index is 5.35. The van der Waals surface area contributed by atoms with E-state index in [1.807, 2.05) is 31.4 Å². The highest BCUT2D eigenvalue weighted by Crippen LogP contribution is 2.46. The summed E-state index contributed by atoms with van der Waals surface area (Å²) in [6, 6.07) is 6.01. The number of benzene rings is 1. The van der Waals surface area contributed by atoms with Crippen LogP contribution in [0.4, 0.5) is 0 Å². The zero-order valence-electron chi connectivity index (χ0n) is 11.3. The van der Waals surface area contributed by atoms with Crippen molar-refractivity contribution in [3.63, 3.8) is 0 Å². The molecule has 2 N–H and O–H groups in total. The van der Waals surface area contributed by atoms with E-state index < -0.39 is 0 Å². The predicted octanol–water partition coefficient (Wildman–Crippen LogP) is 2.47. The number of oxazole rings is 1. The van der Waals surface area contributed by atoms with Crippen molar-refractivity contribution in [1.82, 2.24) is 20.3 Å². The Bertz CT molecular complexity index is 754. The molecule has 0 atom stereocenters. The second-order valence-electron chi connectivity index (χ2n) is 5.49. The first-order chi connectivity index (χ1) is 9.81. The van der Waals surface area contributed by atoms with Crippen LogP contribution in [0, 0.1) is 0 Å². The van der Waals surface area contributed by atoms with Crippen LogP contribution >= 0.6 is 0 Å². The molecule has 0 bridgehead atoms. The highest BCUT2D eigenvalue weighted by molar-refractivity contribution is 5.78. The zero-order valence-corrected chi connectivity index (χ0v) is 11.3. The molecular weight excluding hydrogens is 252 g/mol. The fourth-order valence-electron chi connectivity index (χ4n) is 2.75. The summed E-state index contributed by atoms with van der Waals surface area (Å²) in [5.41, 5.74) is 4.00. The predicted molar refractivity (Wildman–Crippen MR) is 76.4 cm³/mol. The van der Waals surface area contributed by atoms with E-state index in [0.29, 0.717) is 0 Å². The number of hydrogen-bond donors (Lipinski definition) is 2. The lowest BCUT2D eigenvalue weighted by molar-refractivity contribution is 0.594. The first-order valence-electron chi connectivity index (χ1n) is 6.84. The standard InChI is InChI=1S/C15H16N4O/c1-16-8-15(4-5-15)14-17-7-12(19-14)10-2-3-11-13(6-10)20-9-18-11/h2-3,6-7,9,16H,4-5,8H2,1H3,(H,17,19). The van der Waals surface area contributed by atoms with Gasteiger partial charge in [0.2, 0.25) is 0 Å². The van der Waals surface area contributed by atoms with Crippen LogP contribution in [-0.2, 0) is 5.41 Å². The Morgan fingerprint density at radius 1 is 1.35 bits per heavy atom. The quantitative estimate of drug-likeness (QED) is 0.763. The molecule has 1 aliphatic carbocycles. The Kier molecular flexibility index (Phi) is 2.44. The number of imidazole rings is 1. The molecule has 1 fully saturated rings. The Morgan fingerprint density at radius 3 is 3.05 bits per heavy atom. The molecule has 0 saturated heterocycles.